The summed E-state index contributed by atoms with van der Waals surface area (Å²) in [6, 6.07) is 6.08. The Hall–Kier alpha value is -2.12. The van der Waals surface area contributed by atoms with E-state index in [1.165, 1.54) is 0 Å². The van der Waals surface area contributed by atoms with Crippen LogP contribution in [0.5, 0.6) is 0 Å². The molecule has 0 aliphatic carbocycles. The first-order valence-corrected chi connectivity index (χ1v) is 7.75. The highest BCUT2D eigenvalue weighted by molar-refractivity contribution is 5.95. The molecule has 1 heterocycles. The van der Waals surface area contributed by atoms with E-state index in [9.17, 15) is 9.59 Å². The maximum Gasteiger partial charge on any atom is 0.316 e. The summed E-state index contributed by atoms with van der Waals surface area (Å²) in [6.45, 7) is 2.87. The number of nitrogens with one attached hydrogen (secondary N) is 2. The van der Waals surface area contributed by atoms with Crippen LogP contribution in [0, 0.1) is 0 Å². The van der Waals surface area contributed by atoms with Crippen LogP contribution in [0.2, 0.25) is 0 Å². The van der Waals surface area contributed by atoms with Gasteiger partial charge in [0.25, 0.3) is 5.91 Å². The Morgan fingerprint density at radius 2 is 2.09 bits per heavy atom. The second-order valence-electron chi connectivity index (χ2n) is 5.52. The Balaban J connectivity index is 1.81. The largest absolute Gasteiger partial charge is 0.376 e. The summed E-state index contributed by atoms with van der Waals surface area (Å²) in [6.07, 6.45) is 2.67. The maximum atomic E-state index is 12.1. The molecule has 2 atom stereocenters. The molecule has 1 saturated heterocycles. The number of hydrogen-bond acceptors (Lipinski definition) is 4. The Bertz CT molecular complexity index is 544. The van der Waals surface area contributed by atoms with Gasteiger partial charge in [0.1, 0.15) is 6.10 Å². The predicted molar refractivity (Wildman–Crippen MR) is 87.3 cm³/mol. The molecule has 7 nitrogen and oxygen atoms in total. The fraction of sp³-hybridized carbons (Fsp3) is 0.500. The van der Waals surface area contributed by atoms with E-state index in [0.29, 0.717) is 18.0 Å². The van der Waals surface area contributed by atoms with E-state index in [1.54, 1.807) is 31.2 Å². The zero-order valence-corrected chi connectivity index (χ0v) is 13.2. The van der Waals surface area contributed by atoms with E-state index in [2.05, 4.69) is 10.6 Å². The minimum absolute atomic E-state index is 0.0714. The number of primary amides is 1. The highest BCUT2D eigenvalue weighted by Gasteiger charge is 2.19. The third-order valence-electron chi connectivity index (χ3n) is 3.57. The molecule has 0 unspecified atom stereocenters. The van der Waals surface area contributed by atoms with Gasteiger partial charge in [-0.2, -0.15) is 0 Å². The number of benzene rings is 1. The smallest absolute Gasteiger partial charge is 0.316 e. The number of ether oxygens (including phenoxy) is 2. The van der Waals surface area contributed by atoms with Crippen LogP contribution in [0.3, 0.4) is 0 Å². The van der Waals surface area contributed by atoms with Crippen molar-refractivity contribution in [3.8, 4) is 0 Å². The van der Waals surface area contributed by atoms with Gasteiger partial charge in [0.15, 0.2) is 0 Å². The van der Waals surface area contributed by atoms with Crippen molar-refractivity contribution in [1.82, 2.24) is 0 Å². The topological polar surface area (TPSA) is 103 Å². The molecule has 7 heteroatoms. The third kappa shape index (κ3) is 5.88. The van der Waals surface area contributed by atoms with Gasteiger partial charge in [0.05, 0.1) is 12.7 Å². The first kappa shape index (κ1) is 17.2. The minimum Gasteiger partial charge on any atom is -0.376 e. The number of urea groups is 1. The van der Waals surface area contributed by atoms with Gasteiger partial charge >= 0.3 is 6.03 Å². The van der Waals surface area contributed by atoms with Gasteiger partial charge in [-0.1, -0.05) is 6.07 Å². The van der Waals surface area contributed by atoms with E-state index in [4.69, 9.17) is 15.2 Å². The molecule has 2 rings (SSSR count). The highest BCUT2D eigenvalue weighted by Crippen LogP contribution is 2.16. The molecule has 0 aromatic heterocycles. The lowest BCUT2D eigenvalue weighted by Gasteiger charge is -2.23. The third-order valence-corrected chi connectivity index (χ3v) is 3.57. The van der Waals surface area contributed by atoms with E-state index >= 15 is 0 Å². The maximum absolute atomic E-state index is 12.1. The van der Waals surface area contributed by atoms with Crippen molar-refractivity contribution < 1.29 is 19.1 Å². The lowest BCUT2D eigenvalue weighted by Crippen LogP contribution is -2.32. The van der Waals surface area contributed by atoms with Gasteiger partial charge < -0.3 is 25.8 Å². The second kappa shape index (κ2) is 8.50. The molecule has 0 bridgehead atoms. The van der Waals surface area contributed by atoms with Crippen molar-refractivity contribution in [3.05, 3.63) is 24.3 Å². The normalized spacial score (nSPS) is 18.9. The van der Waals surface area contributed by atoms with E-state index in [-0.39, 0.29) is 12.0 Å². The molecule has 1 fully saturated rings. The van der Waals surface area contributed by atoms with Crippen LogP contribution in [0.1, 0.15) is 26.2 Å². The Morgan fingerprint density at radius 3 is 2.74 bits per heavy atom. The zero-order valence-electron chi connectivity index (χ0n) is 13.2. The van der Waals surface area contributed by atoms with Crippen LogP contribution < -0.4 is 16.4 Å². The van der Waals surface area contributed by atoms with Gasteiger partial charge in [0, 0.05) is 18.0 Å². The molecule has 126 valence electrons. The summed E-state index contributed by atoms with van der Waals surface area (Å²) in [5.41, 5.74) is 6.14. The Labute approximate surface area is 135 Å². The minimum atomic E-state index is -0.655. The lowest BCUT2D eigenvalue weighted by atomic mass is 10.1. The molecule has 0 saturated carbocycles. The fourth-order valence-electron chi connectivity index (χ4n) is 2.33. The number of rotatable bonds is 6. The molecular formula is C16H23N3O4. The molecule has 1 aliphatic rings. The average molecular weight is 321 g/mol. The van der Waals surface area contributed by atoms with E-state index in [1.807, 2.05) is 0 Å². The summed E-state index contributed by atoms with van der Waals surface area (Å²) in [5.74, 6) is -0.253. The highest BCUT2D eigenvalue weighted by atomic mass is 16.5. The molecule has 3 amide bonds. The van der Waals surface area contributed by atoms with Crippen molar-refractivity contribution in [2.24, 2.45) is 5.73 Å². The van der Waals surface area contributed by atoms with Gasteiger partial charge in [-0.15, -0.1) is 0 Å². The van der Waals surface area contributed by atoms with Crippen LogP contribution in [-0.2, 0) is 14.3 Å². The molecule has 4 N–H and O–H groups in total. The fourth-order valence-corrected chi connectivity index (χ4v) is 2.33. The van der Waals surface area contributed by atoms with Gasteiger partial charge in [-0.25, -0.2) is 4.79 Å². The number of nitrogens with two attached hydrogens (primary N) is 1. The van der Waals surface area contributed by atoms with Crippen molar-refractivity contribution in [3.63, 3.8) is 0 Å². The van der Waals surface area contributed by atoms with Crippen LogP contribution in [0.4, 0.5) is 16.2 Å². The summed E-state index contributed by atoms with van der Waals surface area (Å²) >= 11 is 0. The lowest BCUT2D eigenvalue weighted by molar-refractivity contribution is -0.130. The van der Waals surface area contributed by atoms with Gasteiger partial charge in [0.2, 0.25) is 0 Å². The number of anilines is 2. The molecular weight excluding hydrogens is 298 g/mol. The Morgan fingerprint density at radius 1 is 1.35 bits per heavy atom. The van der Waals surface area contributed by atoms with Crippen molar-refractivity contribution >= 4 is 23.3 Å². The molecule has 0 spiro atoms. The van der Waals surface area contributed by atoms with Crippen molar-refractivity contribution in [1.29, 1.82) is 0 Å². The van der Waals surface area contributed by atoms with Crippen molar-refractivity contribution in [2.75, 3.05) is 23.8 Å². The molecule has 0 radical (unpaired) electrons. The Kier molecular flexibility index (Phi) is 6.37. The van der Waals surface area contributed by atoms with Crippen LogP contribution in [0.25, 0.3) is 0 Å². The van der Waals surface area contributed by atoms with Gasteiger partial charge in [-0.3, -0.25) is 4.79 Å². The quantitative estimate of drug-likeness (QED) is 0.746. The summed E-state index contributed by atoms with van der Waals surface area (Å²) < 4.78 is 11.2. The number of carbonyl (C=O) groups excluding carboxylic acids is 2. The SMILES string of the molecule is C[C@@H](OC[C@H]1CCCCO1)C(=O)Nc1cccc(NC(N)=O)c1. The first-order chi connectivity index (χ1) is 11.0. The van der Waals surface area contributed by atoms with Crippen LogP contribution >= 0.6 is 0 Å². The second-order valence-corrected chi connectivity index (χ2v) is 5.52. The van der Waals surface area contributed by atoms with Crippen LogP contribution in [0.15, 0.2) is 24.3 Å². The first-order valence-electron chi connectivity index (χ1n) is 7.75. The number of amides is 3. The van der Waals surface area contributed by atoms with Gasteiger partial charge in [-0.05, 0) is 44.4 Å². The predicted octanol–water partition coefficient (Wildman–Crippen LogP) is 2.09. The van der Waals surface area contributed by atoms with Crippen molar-refractivity contribution in [2.45, 2.75) is 38.4 Å². The summed E-state index contributed by atoms with van der Waals surface area (Å²) in [4.78, 5) is 23.0. The average Bonchev–Trinajstić information content (AvgIpc) is 2.53. The van der Waals surface area contributed by atoms with E-state index in [0.717, 1.165) is 25.9 Å². The zero-order chi connectivity index (χ0) is 16.7. The molecule has 1 aromatic carbocycles. The molecule has 1 aliphatic heterocycles. The number of carbonyl (C=O) groups is 2. The monoisotopic (exact) mass is 321 g/mol. The summed E-state index contributed by atoms with van der Waals surface area (Å²) in [7, 11) is 0. The number of hydrogen-bond donors (Lipinski definition) is 3. The summed E-state index contributed by atoms with van der Waals surface area (Å²) in [5, 5.41) is 5.20. The molecule has 23 heavy (non-hydrogen) atoms. The van der Waals surface area contributed by atoms with Crippen LogP contribution in [-0.4, -0.2) is 37.4 Å². The standard InChI is InChI=1S/C16H23N3O4/c1-11(23-10-14-7-2-3-8-22-14)15(20)18-12-5-4-6-13(9-12)19-16(17)21/h4-6,9,11,14H,2-3,7-8,10H2,1H3,(H,18,20)(H3,17,19,21)/t11-,14-/m1/s1. The molecule has 1 aromatic rings. The van der Waals surface area contributed by atoms with E-state index < -0.39 is 12.1 Å².